The Hall–Kier alpha value is -8.32. The molecule has 0 heteroatoms. The molecule has 14 rings (SSSR count). The van der Waals surface area contributed by atoms with E-state index in [4.69, 9.17) is 0 Å². The molecule has 0 heterocycles. The van der Waals surface area contributed by atoms with Crippen LogP contribution in [-0.4, -0.2) is 0 Å². The molecule has 0 aliphatic heterocycles. The number of unbranched alkanes of at least 4 members (excludes halogenated alkanes) is 10. The van der Waals surface area contributed by atoms with Gasteiger partial charge in [-0.3, -0.25) is 0 Å². The van der Waals surface area contributed by atoms with Crippen molar-refractivity contribution in [1.82, 2.24) is 0 Å². The Bertz CT molecular complexity index is 4710. The molecule has 0 saturated heterocycles. The number of hydrogen-bond donors (Lipinski definition) is 0. The van der Waals surface area contributed by atoms with Crippen LogP contribution in [0.2, 0.25) is 0 Å². The largest absolute Gasteiger partial charge is 0.0713 e. The average molecular weight is 1230 g/mol. The first-order chi connectivity index (χ1) is 45.4. The summed E-state index contributed by atoms with van der Waals surface area (Å²) in [6.45, 7) is 26.0. The van der Waals surface area contributed by atoms with E-state index in [1.807, 2.05) is 0 Å². The minimum atomic E-state index is -0.569. The summed E-state index contributed by atoms with van der Waals surface area (Å²) in [6, 6.07) is 89.2. The van der Waals surface area contributed by atoms with E-state index >= 15 is 0 Å². The number of hydrogen-bond acceptors (Lipinski definition) is 0. The second-order valence-corrected chi connectivity index (χ2v) is 31.4. The molecule has 0 saturated carbocycles. The van der Waals surface area contributed by atoms with E-state index in [1.54, 1.807) is 5.56 Å². The third-order valence-corrected chi connectivity index (χ3v) is 22.2. The molecule has 0 amide bonds. The van der Waals surface area contributed by atoms with Crippen LogP contribution >= 0.6 is 0 Å². The SMILES string of the molecule is CCCCCCCCC1(CCCCCCCC)c2cc(-c3ccc4c(-c5cccc6ccccc56)c5ccccc5c(-c5ccc6ccccc6c5)c4c3)ccc2-c2cc3c(cc21)-c1ccc(C(C)(C)C)cc1C3(c1ccc(C(C)(C)C)cc1)c1ccc(C(C)(C)C)cc1. The van der Waals surface area contributed by atoms with Crippen molar-refractivity contribution in [3.05, 3.63) is 275 Å². The highest BCUT2D eigenvalue weighted by Gasteiger charge is 2.50. The van der Waals surface area contributed by atoms with Gasteiger partial charge in [0, 0.05) is 5.41 Å². The van der Waals surface area contributed by atoms with E-state index in [1.165, 1.54) is 220 Å². The van der Waals surface area contributed by atoms with Crippen LogP contribution in [0.5, 0.6) is 0 Å². The fraction of sp³-hybridized carbons (Fsp3) is 0.319. The lowest BCUT2D eigenvalue weighted by Crippen LogP contribution is -2.30. The minimum Gasteiger partial charge on any atom is -0.0654 e. The minimum absolute atomic E-state index is 0.0187. The molecule has 2 aliphatic carbocycles. The first kappa shape index (κ1) is 63.1. The predicted molar refractivity (Wildman–Crippen MR) is 408 cm³/mol. The van der Waals surface area contributed by atoms with Crippen LogP contribution in [0.1, 0.15) is 216 Å². The van der Waals surface area contributed by atoms with Crippen molar-refractivity contribution in [3.8, 4) is 55.6 Å². The fourth-order valence-corrected chi connectivity index (χ4v) is 17.0. The maximum Gasteiger partial charge on any atom is 0.0713 e. The molecule has 0 unspecified atom stereocenters. The summed E-state index contributed by atoms with van der Waals surface area (Å²) in [7, 11) is 0. The summed E-state index contributed by atoms with van der Waals surface area (Å²) in [6.07, 6.45) is 17.6. The molecule has 94 heavy (non-hydrogen) atoms. The molecule has 474 valence electrons. The van der Waals surface area contributed by atoms with Crippen molar-refractivity contribution in [3.63, 3.8) is 0 Å². The Morgan fingerprint density at radius 2 is 0.713 bits per heavy atom. The monoisotopic (exact) mass is 1230 g/mol. The van der Waals surface area contributed by atoms with Gasteiger partial charge >= 0.3 is 0 Å². The van der Waals surface area contributed by atoms with E-state index in [0.717, 1.165) is 12.8 Å². The molecule has 0 N–H and O–H groups in total. The van der Waals surface area contributed by atoms with Crippen molar-refractivity contribution in [2.75, 3.05) is 0 Å². The first-order valence-electron chi connectivity index (χ1n) is 36.1. The molecule has 12 aromatic carbocycles. The topological polar surface area (TPSA) is 0 Å². The summed E-state index contributed by atoms with van der Waals surface area (Å²) in [5, 5.41) is 10.2. The van der Waals surface area contributed by atoms with Crippen LogP contribution in [0, 0.1) is 0 Å². The molecule has 0 bridgehead atoms. The third kappa shape index (κ3) is 11.1. The van der Waals surface area contributed by atoms with E-state index in [9.17, 15) is 0 Å². The highest BCUT2D eigenvalue weighted by molar-refractivity contribution is 6.24. The summed E-state index contributed by atoms with van der Waals surface area (Å²) in [5.74, 6) is 0. The van der Waals surface area contributed by atoms with Crippen molar-refractivity contribution in [2.45, 2.75) is 193 Å². The molecule has 0 fully saturated rings. The van der Waals surface area contributed by atoms with Crippen LogP contribution in [0.4, 0.5) is 0 Å². The van der Waals surface area contributed by atoms with E-state index in [-0.39, 0.29) is 21.7 Å². The molecule has 0 aromatic heterocycles. The smallest absolute Gasteiger partial charge is 0.0654 e. The maximum atomic E-state index is 2.79. The zero-order chi connectivity index (χ0) is 65.2. The highest BCUT2D eigenvalue weighted by Crippen LogP contribution is 2.63. The number of benzene rings is 12. The number of fused-ring (bicyclic) bond motifs is 10. The summed E-state index contributed by atoms with van der Waals surface area (Å²) in [5.41, 5.74) is 25.3. The van der Waals surface area contributed by atoms with Gasteiger partial charge in [-0.15, -0.1) is 0 Å². The fourth-order valence-electron chi connectivity index (χ4n) is 17.0. The predicted octanol–water partition coefficient (Wildman–Crippen LogP) is 27.3. The number of rotatable bonds is 19. The van der Waals surface area contributed by atoms with E-state index in [2.05, 4.69) is 301 Å². The van der Waals surface area contributed by atoms with Crippen LogP contribution in [0.3, 0.4) is 0 Å². The van der Waals surface area contributed by atoms with Crippen LogP contribution < -0.4 is 0 Å². The van der Waals surface area contributed by atoms with Gasteiger partial charge in [-0.25, -0.2) is 0 Å². The van der Waals surface area contributed by atoms with E-state index in [0.29, 0.717) is 0 Å². The lowest BCUT2D eigenvalue weighted by molar-refractivity contribution is 0.398. The van der Waals surface area contributed by atoms with E-state index < -0.39 is 5.41 Å². The lowest BCUT2D eigenvalue weighted by Gasteiger charge is -2.36. The second kappa shape index (κ2) is 25.1. The highest BCUT2D eigenvalue weighted by atomic mass is 14.5. The molecule has 0 atom stereocenters. The Kier molecular flexibility index (Phi) is 16.9. The van der Waals surface area contributed by atoms with Gasteiger partial charge < -0.3 is 0 Å². The molecule has 12 aromatic rings. The second-order valence-electron chi connectivity index (χ2n) is 31.4. The van der Waals surface area contributed by atoms with Gasteiger partial charge in [-0.05, 0) is 208 Å². The Labute approximate surface area is 562 Å². The standard InChI is InChI=1S/C94H98/c1-12-14-16-18-20-28-55-93(56-29-21-19-17-15-13-2)84-59-67(66-42-53-80-83(58-66)88(68-40-39-63-31-22-23-33-65(63)57-68)78-36-26-27-37-79(78)89(80)77-38-30-34-64-32-24-25-35-74(64)77)41-52-75(84)81-62-87-82(61-85(81)93)76-54-51-73(92(9,10)11)60-86(76)94(87,71-47-43-69(44-48-71)90(3,4)5)72-49-45-70(46-50-72)91(6,7)8/h22-27,30-54,57-62H,12-21,28-29,55-56H2,1-11H3. The maximum absolute atomic E-state index is 2.79. The van der Waals surface area contributed by atoms with Gasteiger partial charge in [0.1, 0.15) is 0 Å². The molecule has 2 aliphatic rings. The van der Waals surface area contributed by atoms with Crippen LogP contribution in [0.15, 0.2) is 224 Å². The normalized spacial score (nSPS) is 14.0. The molecule has 0 nitrogen and oxygen atoms in total. The van der Waals surface area contributed by atoms with Crippen LogP contribution in [-0.2, 0) is 27.1 Å². The molecular weight excluding hydrogens is 1130 g/mol. The van der Waals surface area contributed by atoms with Gasteiger partial charge in [-0.2, -0.15) is 0 Å². The quantitative estimate of drug-likeness (QED) is 0.0559. The summed E-state index contributed by atoms with van der Waals surface area (Å²) in [4.78, 5) is 0. The van der Waals surface area contributed by atoms with Crippen LogP contribution in [0.25, 0.3) is 98.7 Å². The van der Waals surface area contributed by atoms with Gasteiger partial charge in [0.2, 0.25) is 0 Å². The van der Waals surface area contributed by atoms with Gasteiger partial charge in [0.15, 0.2) is 0 Å². The van der Waals surface area contributed by atoms with Crippen molar-refractivity contribution < 1.29 is 0 Å². The first-order valence-corrected chi connectivity index (χ1v) is 36.1. The average Bonchev–Trinajstić information content (AvgIpc) is 1.50. The molecular formula is C94H98. The summed E-state index contributed by atoms with van der Waals surface area (Å²) < 4.78 is 0. The Balaban J connectivity index is 1.03. The zero-order valence-electron chi connectivity index (χ0n) is 58.3. The lowest BCUT2D eigenvalue weighted by atomic mass is 9.65. The Morgan fingerprint density at radius 1 is 0.266 bits per heavy atom. The molecule has 0 spiro atoms. The third-order valence-electron chi connectivity index (χ3n) is 22.2. The Morgan fingerprint density at radius 3 is 1.34 bits per heavy atom. The van der Waals surface area contributed by atoms with Crippen molar-refractivity contribution in [1.29, 1.82) is 0 Å². The molecule has 0 radical (unpaired) electrons. The van der Waals surface area contributed by atoms with Crippen molar-refractivity contribution >= 4 is 43.1 Å². The van der Waals surface area contributed by atoms with Gasteiger partial charge in [0.05, 0.1) is 5.41 Å². The van der Waals surface area contributed by atoms with Gasteiger partial charge in [0.25, 0.3) is 0 Å². The van der Waals surface area contributed by atoms with Gasteiger partial charge in [-0.1, -0.05) is 347 Å². The van der Waals surface area contributed by atoms with Crippen molar-refractivity contribution in [2.24, 2.45) is 0 Å². The summed E-state index contributed by atoms with van der Waals surface area (Å²) >= 11 is 0. The zero-order valence-corrected chi connectivity index (χ0v) is 58.3.